The average Bonchev–Trinajstić information content (AvgIpc) is 3.08. The molecule has 2 aromatic carbocycles. The summed E-state index contributed by atoms with van der Waals surface area (Å²) in [6.45, 7) is 0. The molecule has 1 atom stereocenters. The number of aromatic amines is 1. The number of hydrogen-bond donors (Lipinski definition) is 2. The third kappa shape index (κ3) is 2.89. The molecule has 0 aliphatic rings. The number of ether oxygens (including phenoxy) is 1. The first kappa shape index (κ1) is 13.2. The molecule has 0 aliphatic heterocycles. The summed E-state index contributed by atoms with van der Waals surface area (Å²) in [5.74, 6) is 0.818. The SMILES string of the molecule is COc1ccccc1NC(c1ccccc1)c1cnc[nH]1. The van der Waals surface area contributed by atoms with E-state index in [4.69, 9.17) is 4.74 Å². The normalized spacial score (nSPS) is 11.9. The van der Waals surface area contributed by atoms with Gasteiger partial charge in [0.1, 0.15) is 5.75 Å². The average molecular weight is 279 g/mol. The van der Waals surface area contributed by atoms with E-state index in [0.717, 1.165) is 22.7 Å². The monoisotopic (exact) mass is 279 g/mol. The van der Waals surface area contributed by atoms with Crippen molar-refractivity contribution in [1.82, 2.24) is 9.97 Å². The number of benzene rings is 2. The molecule has 3 rings (SSSR count). The van der Waals surface area contributed by atoms with Crippen LogP contribution in [0.5, 0.6) is 5.75 Å². The van der Waals surface area contributed by atoms with Crippen LogP contribution in [0.4, 0.5) is 5.69 Å². The van der Waals surface area contributed by atoms with Gasteiger partial charge < -0.3 is 15.0 Å². The van der Waals surface area contributed by atoms with Crippen molar-refractivity contribution >= 4 is 5.69 Å². The quantitative estimate of drug-likeness (QED) is 0.750. The minimum atomic E-state index is -0.00926. The van der Waals surface area contributed by atoms with Gasteiger partial charge in [-0.3, -0.25) is 0 Å². The van der Waals surface area contributed by atoms with Crippen LogP contribution in [0.1, 0.15) is 17.3 Å². The Bertz CT molecular complexity index is 680. The van der Waals surface area contributed by atoms with Gasteiger partial charge in [-0.2, -0.15) is 0 Å². The van der Waals surface area contributed by atoms with Crippen molar-refractivity contribution in [2.75, 3.05) is 12.4 Å². The number of rotatable bonds is 5. The standard InChI is InChI=1S/C17H17N3O/c1-21-16-10-6-5-9-14(16)20-17(15-11-18-12-19-15)13-7-3-2-4-8-13/h2-12,17,20H,1H3,(H,18,19). The Hall–Kier alpha value is -2.75. The van der Waals surface area contributed by atoms with E-state index in [-0.39, 0.29) is 6.04 Å². The Labute approximate surface area is 123 Å². The number of anilines is 1. The summed E-state index contributed by atoms with van der Waals surface area (Å²) >= 11 is 0. The van der Waals surface area contributed by atoms with Crippen molar-refractivity contribution in [2.45, 2.75) is 6.04 Å². The maximum absolute atomic E-state index is 5.41. The van der Waals surface area contributed by atoms with E-state index in [1.807, 2.05) is 48.7 Å². The van der Waals surface area contributed by atoms with Gasteiger partial charge in [-0.15, -0.1) is 0 Å². The van der Waals surface area contributed by atoms with Crippen molar-refractivity contribution in [1.29, 1.82) is 0 Å². The lowest BCUT2D eigenvalue weighted by Crippen LogP contribution is -2.13. The minimum absolute atomic E-state index is 0.00926. The van der Waals surface area contributed by atoms with Gasteiger partial charge in [-0.25, -0.2) is 4.98 Å². The molecule has 1 unspecified atom stereocenters. The molecule has 0 spiro atoms. The van der Waals surface area contributed by atoms with Gasteiger partial charge in [0.2, 0.25) is 0 Å². The van der Waals surface area contributed by atoms with E-state index < -0.39 is 0 Å². The molecule has 0 radical (unpaired) electrons. The van der Waals surface area contributed by atoms with Crippen LogP contribution >= 0.6 is 0 Å². The molecular formula is C17H17N3O. The van der Waals surface area contributed by atoms with Crippen LogP contribution in [0, 0.1) is 0 Å². The number of hydrogen-bond acceptors (Lipinski definition) is 3. The van der Waals surface area contributed by atoms with Gasteiger partial charge in [0.25, 0.3) is 0 Å². The van der Waals surface area contributed by atoms with Gasteiger partial charge in [-0.05, 0) is 17.7 Å². The van der Waals surface area contributed by atoms with Crippen molar-refractivity contribution in [3.8, 4) is 5.75 Å². The number of methoxy groups -OCH3 is 1. The molecule has 2 N–H and O–H groups in total. The smallest absolute Gasteiger partial charge is 0.141 e. The lowest BCUT2D eigenvalue weighted by atomic mass is 10.0. The van der Waals surface area contributed by atoms with Gasteiger partial charge in [-0.1, -0.05) is 42.5 Å². The predicted octanol–water partition coefficient (Wildman–Crippen LogP) is 3.62. The van der Waals surface area contributed by atoms with Crippen molar-refractivity contribution in [3.63, 3.8) is 0 Å². The summed E-state index contributed by atoms with van der Waals surface area (Å²) in [6.07, 6.45) is 3.52. The fourth-order valence-electron chi connectivity index (χ4n) is 2.33. The van der Waals surface area contributed by atoms with Gasteiger partial charge >= 0.3 is 0 Å². The summed E-state index contributed by atoms with van der Waals surface area (Å²) in [6, 6.07) is 18.1. The number of imidazole rings is 1. The van der Waals surface area contributed by atoms with E-state index in [2.05, 4.69) is 27.4 Å². The third-order valence-corrected chi connectivity index (χ3v) is 3.37. The van der Waals surface area contributed by atoms with Crippen molar-refractivity contribution in [3.05, 3.63) is 78.4 Å². The van der Waals surface area contributed by atoms with Gasteiger partial charge in [0.05, 0.1) is 37.1 Å². The molecule has 1 heterocycles. The second kappa shape index (κ2) is 6.13. The van der Waals surface area contributed by atoms with E-state index >= 15 is 0 Å². The molecule has 21 heavy (non-hydrogen) atoms. The second-order valence-electron chi connectivity index (χ2n) is 4.70. The molecule has 0 aliphatic carbocycles. The van der Waals surface area contributed by atoms with Crippen molar-refractivity contribution < 1.29 is 4.74 Å². The minimum Gasteiger partial charge on any atom is -0.495 e. The molecule has 106 valence electrons. The molecule has 0 saturated carbocycles. The van der Waals surface area contributed by atoms with E-state index in [0.29, 0.717) is 0 Å². The number of aromatic nitrogens is 2. The van der Waals surface area contributed by atoms with Crippen molar-refractivity contribution in [2.24, 2.45) is 0 Å². The second-order valence-corrected chi connectivity index (χ2v) is 4.70. The van der Waals surface area contributed by atoms with E-state index in [1.165, 1.54) is 0 Å². The molecular weight excluding hydrogens is 262 g/mol. The van der Waals surface area contributed by atoms with Crippen LogP contribution in [0.25, 0.3) is 0 Å². The van der Waals surface area contributed by atoms with Gasteiger partial charge in [0, 0.05) is 0 Å². The largest absolute Gasteiger partial charge is 0.495 e. The molecule has 3 aromatic rings. The zero-order valence-electron chi connectivity index (χ0n) is 11.8. The van der Waals surface area contributed by atoms with Crippen LogP contribution in [0.3, 0.4) is 0 Å². The number of para-hydroxylation sites is 2. The topological polar surface area (TPSA) is 49.9 Å². The fourth-order valence-corrected chi connectivity index (χ4v) is 2.33. The zero-order chi connectivity index (χ0) is 14.5. The Balaban J connectivity index is 1.97. The highest BCUT2D eigenvalue weighted by Gasteiger charge is 2.16. The lowest BCUT2D eigenvalue weighted by Gasteiger charge is -2.20. The molecule has 4 heteroatoms. The Morgan fingerprint density at radius 3 is 2.52 bits per heavy atom. The van der Waals surface area contributed by atoms with E-state index in [1.54, 1.807) is 13.4 Å². The summed E-state index contributed by atoms with van der Waals surface area (Å²) < 4.78 is 5.41. The number of H-pyrrole nitrogens is 1. The Morgan fingerprint density at radius 2 is 1.81 bits per heavy atom. The third-order valence-electron chi connectivity index (χ3n) is 3.37. The highest BCUT2D eigenvalue weighted by atomic mass is 16.5. The summed E-state index contributed by atoms with van der Waals surface area (Å²) in [4.78, 5) is 7.31. The van der Waals surface area contributed by atoms with Crippen LogP contribution < -0.4 is 10.1 Å². The molecule has 0 fully saturated rings. The summed E-state index contributed by atoms with van der Waals surface area (Å²) in [5, 5.41) is 3.52. The summed E-state index contributed by atoms with van der Waals surface area (Å²) in [5.41, 5.74) is 3.11. The van der Waals surface area contributed by atoms with Crippen LogP contribution in [0.2, 0.25) is 0 Å². The van der Waals surface area contributed by atoms with Crippen LogP contribution in [0.15, 0.2) is 67.1 Å². The Morgan fingerprint density at radius 1 is 1.05 bits per heavy atom. The highest BCUT2D eigenvalue weighted by molar-refractivity contribution is 5.58. The van der Waals surface area contributed by atoms with Gasteiger partial charge in [0.15, 0.2) is 0 Å². The zero-order valence-corrected chi connectivity index (χ0v) is 11.8. The predicted molar refractivity (Wildman–Crippen MR) is 83.5 cm³/mol. The maximum atomic E-state index is 5.41. The summed E-state index contributed by atoms with van der Waals surface area (Å²) in [7, 11) is 1.67. The Kier molecular flexibility index (Phi) is 3.87. The molecule has 0 amide bonds. The van der Waals surface area contributed by atoms with Crippen LogP contribution in [-0.2, 0) is 0 Å². The van der Waals surface area contributed by atoms with Crippen LogP contribution in [-0.4, -0.2) is 17.1 Å². The first-order valence-electron chi connectivity index (χ1n) is 6.81. The molecule has 0 bridgehead atoms. The molecule has 1 aromatic heterocycles. The molecule has 4 nitrogen and oxygen atoms in total. The lowest BCUT2D eigenvalue weighted by molar-refractivity contribution is 0.416. The molecule has 0 saturated heterocycles. The first-order chi connectivity index (χ1) is 10.4. The maximum Gasteiger partial charge on any atom is 0.141 e. The fraction of sp³-hybridized carbons (Fsp3) is 0.118. The van der Waals surface area contributed by atoms with E-state index in [9.17, 15) is 0 Å². The first-order valence-corrected chi connectivity index (χ1v) is 6.81. The highest BCUT2D eigenvalue weighted by Crippen LogP contribution is 2.30. The number of nitrogens with one attached hydrogen (secondary N) is 2. The number of nitrogens with zero attached hydrogens (tertiary/aromatic N) is 1.